The second-order valence-electron chi connectivity index (χ2n) is 9.17. The number of ether oxygens (including phenoxy) is 2. The Hall–Kier alpha value is -2.24. The highest BCUT2D eigenvalue weighted by molar-refractivity contribution is 6.31. The number of nitrogens with zero attached hydrogens (tertiary/aromatic N) is 1. The van der Waals surface area contributed by atoms with Gasteiger partial charge in [0.15, 0.2) is 0 Å². The summed E-state index contributed by atoms with van der Waals surface area (Å²) in [6, 6.07) is 13.7. The van der Waals surface area contributed by atoms with E-state index in [-0.39, 0.29) is 23.5 Å². The predicted molar refractivity (Wildman–Crippen MR) is 123 cm³/mol. The summed E-state index contributed by atoms with van der Waals surface area (Å²) in [5.74, 6) is 1.75. The van der Waals surface area contributed by atoms with Gasteiger partial charge in [-0.25, -0.2) is 0 Å². The second kappa shape index (κ2) is 9.09. The number of rotatable bonds is 5. The van der Waals surface area contributed by atoms with Crippen LogP contribution in [0.4, 0.5) is 0 Å². The number of carbonyl (C=O) groups is 1. The third-order valence-corrected chi connectivity index (χ3v) is 6.67. The molecule has 31 heavy (non-hydrogen) atoms. The number of carbonyl (C=O) groups excluding carboxylic acids is 1. The molecule has 1 fully saturated rings. The van der Waals surface area contributed by atoms with E-state index < -0.39 is 0 Å². The number of benzene rings is 2. The van der Waals surface area contributed by atoms with Gasteiger partial charge in [0.05, 0.1) is 13.2 Å². The number of piperidine rings is 1. The lowest BCUT2D eigenvalue weighted by molar-refractivity contribution is -0.127. The molecule has 2 aliphatic rings. The van der Waals surface area contributed by atoms with Crippen molar-refractivity contribution < 1.29 is 14.3 Å². The number of halogens is 1. The van der Waals surface area contributed by atoms with E-state index in [9.17, 15) is 4.79 Å². The van der Waals surface area contributed by atoms with Crippen LogP contribution in [-0.2, 0) is 11.3 Å². The molecule has 2 heterocycles. The van der Waals surface area contributed by atoms with Crippen molar-refractivity contribution in [3.05, 3.63) is 58.6 Å². The van der Waals surface area contributed by atoms with Crippen molar-refractivity contribution >= 4 is 17.5 Å². The molecule has 5 nitrogen and oxygen atoms in total. The summed E-state index contributed by atoms with van der Waals surface area (Å²) in [6.45, 7) is 6.74. The fourth-order valence-corrected chi connectivity index (χ4v) is 4.79. The van der Waals surface area contributed by atoms with Crippen molar-refractivity contribution in [1.29, 1.82) is 0 Å². The molecule has 166 valence electrons. The number of hydrogen-bond donors (Lipinski definition) is 1. The van der Waals surface area contributed by atoms with E-state index >= 15 is 0 Å². The normalized spacial score (nSPS) is 21.1. The Morgan fingerprint density at radius 1 is 1.23 bits per heavy atom. The Kier molecular flexibility index (Phi) is 6.44. The average molecular weight is 443 g/mol. The molecule has 2 aromatic carbocycles. The standard InChI is InChI=1S/C25H31ClN2O3/c1-25(2)15-22(20-14-19(30-3)8-9-23(20)31-25)27-24(29)17-10-12-28(13-11-17)16-18-6-4-5-7-21(18)26/h4-9,14,17,22H,10-13,15-16H2,1-3H3,(H,27,29). The number of fused-ring (bicyclic) bond motifs is 1. The van der Waals surface area contributed by atoms with Gasteiger partial charge in [-0.15, -0.1) is 0 Å². The van der Waals surface area contributed by atoms with Gasteiger partial charge in [-0.2, -0.15) is 0 Å². The maximum absolute atomic E-state index is 13.1. The maximum Gasteiger partial charge on any atom is 0.223 e. The topological polar surface area (TPSA) is 50.8 Å². The molecule has 0 aliphatic carbocycles. The van der Waals surface area contributed by atoms with Gasteiger partial charge in [-0.3, -0.25) is 9.69 Å². The zero-order valence-electron chi connectivity index (χ0n) is 18.5. The fraction of sp³-hybridized carbons (Fsp3) is 0.480. The Bertz CT molecular complexity index is 938. The highest BCUT2D eigenvalue weighted by Crippen LogP contribution is 2.41. The van der Waals surface area contributed by atoms with Crippen molar-refractivity contribution in [2.75, 3.05) is 20.2 Å². The first-order valence-corrected chi connectivity index (χ1v) is 11.4. The molecule has 2 aromatic rings. The molecule has 0 saturated carbocycles. The average Bonchev–Trinajstić information content (AvgIpc) is 2.75. The van der Waals surface area contributed by atoms with Crippen LogP contribution in [0.2, 0.25) is 5.02 Å². The van der Waals surface area contributed by atoms with Gasteiger partial charge < -0.3 is 14.8 Å². The van der Waals surface area contributed by atoms with E-state index in [4.69, 9.17) is 21.1 Å². The third kappa shape index (κ3) is 5.16. The molecule has 1 atom stereocenters. The molecule has 1 N–H and O–H groups in total. The lowest BCUT2D eigenvalue weighted by Gasteiger charge is -2.39. The predicted octanol–water partition coefficient (Wildman–Crippen LogP) is 4.98. The summed E-state index contributed by atoms with van der Waals surface area (Å²) in [5, 5.41) is 4.12. The molecule has 0 bridgehead atoms. The van der Waals surface area contributed by atoms with Crippen LogP contribution in [-0.4, -0.2) is 36.6 Å². The molecule has 0 spiro atoms. The minimum atomic E-state index is -0.335. The molecule has 0 aromatic heterocycles. The van der Waals surface area contributed by atoms with Crippen LogP contribution < -0.4 is 14.8 Å². The molecule has 2 aliphatic heterocycles. The Labute approximate surface area is 189 Å². The number of hydrogen-bond acceptors (Lipinski definition) is 4. The minimum absolute atomic E-state index is 0.0301. The zero-order chi connectivity index (χ0) is 22.0. The molecule has 4 rings (SSSR count). The van der Waals surface area contributed by atoms with Gasteiger partial charge in [0.2, 0.25) is 5.91 Å². The first-order valence-electron chi connectivity index (χ1n) is 11.0. The Morgan fingerprint density at radius 3 is 2.68 bits per heavy atom. The first-order chi connectivity index (χ1) is 14.8. The number of likely N-dealkylation sites (tertiary alicyclic amines) is 1. The summed E-state index contributed by atoms with van der Waals surface area (Å²) in [5.41, 5.74) is 1.79. The van der Waals surface area contributed by atoms with Gasteiger partial charge in [-0.1, -0.05) is 29.8 Å². The largest absolute Gasteiger partial charge is 0.497 e. The zero-order valence-corrected chi connectivity index (χ0v) is 19.2. The molecular weight excluding hydrogens is 412 g/mol. The van der Waals surface area contributed by atoms with E-state index in [2.05, 4.69) is 30.1 Å². The highest BCUT2D eigenvalue weighted by atomic mass is 35.5. The van der Waals surface area contributed by atoms with Crippen molar-refractivity contribution in [2.24, 2.45) is 5.92 Å². The SMILES string of the molecule is COc1ccc2c(c1)C(NC(=O)C1CCN(Cc3ccccc3Cl)CC1)CC(C)(C)O2. The summed E-state index contributed by atoms with van der Waals surface area (Å²) in [4.78, 5) is 15.5. The van der Waals surface area contributed by atoms with E-state index in [1.54, 1.807) is 7.11 Å². The summed E-state index contributed by atoms with van der Waals surface area (Å²) in [7, 11) is 1.65. The molecule has 0 radical (unpaired) electrons. The number of nitrogens with one attached hydrogen (secondary N) is 1. The van der Waals surface area contributed by atoms with Crippen molar-refractivity contribution in [1.82, 2.24) is 10.2 Å². The molecule has 1 amide bonds. The van der Waals surface area contributed by atoms with Crippen LogP contribution in [0.25, 0.3) is 0 Å². The fourth-order valence-electron chi connectivity index (χ4n) is 4.60. The Morgan fingerprint density at radius 2 is 1.97 bits per heavy atom. The monoisotopic (exact) mass is 442 g/mol. The maximum atomic E-state index is 13.1. The molecule has 1 saturated heterocycles. The van der Waals surface area contributed by atoms with Crippen molar-refractivity contribution in [2.45, 2.75) is 51.3 Å². The van der Waals surface area contributed by atoms with Crippen molar-refractivity contribution in [3.8, 4) is 11.5 Å². The van der Waals surface area contributed by atoms with Gasteiger partial charge >= 0.3 is 0 Å². The van der Waals surface area contributed by atoms with Gasteiger partial charge in [0.1, 0.15) is 17.1 Å². The van der Waals surface area contributed by atoms with E-state index in [1.807, 2.05) is 36.4 Å². The lowest BCUT2D eigenvalue weighted by atomic mass is 9.88. The van der Waals surface area contributed by atoms with E-state index in [1.165, 1.54) is 0 Å². The van der Waals surface area contributed by atoms with Crippen LogP contribution in [0.3, 0.4) is 0 Å². The third-order valence-electron chi connectivity index (χ3n) is 6.30. The molecule has 6 heteroatoms. The minimum Gasteiger partial charge on any atom is -0.497 e. The van der Waals surface area contributed by atoms with Crippen molar-refractivity contribution in [3.63, 3.8) is 0 Å². The smallest absolute Gasteiger partial charge is 0.223 e. The highest BCUT2D eigenvalue weighted by Gasteiger charge is 2.36. The number of methoxy groups -OCH3 is 1. The summed E-state index contributed by atoms with van der Waals surface area (Å²) in [6.07, 6.45) is 2.44. The van der Waals surface area contributed by atoms with Crippen LogP contribution in [0, 0.1) is 5.92 Å². The van der Waals surface area contributed by atoms with Gasteiger partial charge in [0, 0.05) is 29.5 Å². The van der Waals surface area contributed by atoms with E-state index in [0.29, 0.717) is 0 Å². The van der Waals surface area contributed by atoms with Crippen LogP contribution in [0.1, 0.15) is 50.3 Å². The van der Waals surface area contributed by atoms with Crippen LogP contribution in [0.15, 0.2) is 42.5 Å². The van der Waals surface area contributed by atoms with Gasteiger partial charge in [0.25, 0.3) is 0 Å². The quantitative estimate of drug-likeness (QED) is 0.709. The molecule has 1 unspecified atom stereocenters. The first kappa shape index (κ1) is 22.0. The molecular formula is C25H31ClN2O3. The summed E-state index contributed by atoms with van der Waals surface area (Å²) >= 11 is 6.31. The Balaban J connectivity index is 1.38. The summed E-state index contributed by atoms with van der Waals surface area (Å²) < 4.78 is 11.5. The second-order valence-corrected chi connectivity index (χ2v) is 9.58. The van der Waals surface area contributed by atoms with E-state index in [0.717, 1.165) is 66.5 Å². The lowest BCUT2D eigenvalue weighted by Crippen LogP contribution is -2.45. The van der Waals surface area contributed by atoms with Crippen LogP contribution >= 0.6 is 11.6 Å². The number of amides is 1. The van der Waals surface area contributed by atoms with Gasteiger partial charge in [-0.05, 0) is 69.6 Å². The van der Waals surface area contributed by atoms with Crippen LogP contribution in [0.5, 0.6) is 11.5 Å².